The van der Waals surface area contributed by atoms with Gasteiger partial charge in [0.05, 0.1) is 11.8 Å². The number of allylic oxidation sites excluding steroid dienone is 2. The number of fused-ring (bicyclic) bond motifs is 1. The molecule has 0 unspecified atom stereocenters. The van der Waals surface area contributed by atoms with Crippen LogP contribution in [0.5, 0.6) is 0 Å². The van der Waals surface area contributed by atoms with Gasteiger partial charge in [0.25, 0.3) is 0 Å². The van der Waals surface area contributed by atoms with Gasteiger partial charge in [-0.3, -0.25) is 24.2 Å². The molecule has 0 spiro atoms. The molecule has 3 amide bonds. The molecular formula is C24H31N3O3. The number of amides is 3. The van der Waals surface area contributed by atoms with E-state index >= 15 is 0 Å². The molecule has 4 rings (SSSR count). The van der Waals surface area contributed by atoms with Crippen molar-refractivity contribution in [1.82, 2.24) is 15.1 Å². The molecule has 2 saturated heterocycles. The fourth-order valence-electron chi connectivity index (χ4n) is 4.81. The molecule has 2 fully saturated rings. The molecule has 2 aliphatic heterocycles. The summed E-state index contributed by atoms with van der Waals surface area (Å²) in [7, 11) is 0. The zero-order chi connectivity index (χ0) is 20.9. The summed E-state index contributed by atoms with van der Waals surface area (Å²) in [4.78, 5) is 41.1. The number of benzene rings is 1. The predicted molar refractivity (Wildman–Crippen MR) is 114 cm³/mol. The first-order valence-electron chi connectivity index (χ1n) is 11.2. The third-order valence-corrected chi connectivity index (χ3v) is 6.50. The van der Waals surface area contributed by atoms with Crippen LogP contribution < -0.4 is 5.32 Å². The van der Waals surface area contributed by atoms with Crippen molar-refractivity contribution >= 4 is 17.7 Å². The van der Waals surface area contributed by atoms with Crippen LogP contribution >= 0.6 is 0 Å². The molecule has 0 radical (unpaired) electrons. The van der Waals surface area contributed by atoms with Crippen LogP contribution in [0.3, 0.4) is 0 Å². The summed E-state index contributed by atoms with van der Waals surface area (Å²) in [5, 5.41) is 2.93. The van der Waals surface area contributed by atoms with Crippen LogP contribution in [0.25, 0.3) is 0 Å². The van der Waals surface area contributed by atoms with Crippen LogP contribution in [-0.4, -0.2) is 47.2 Å². The molecule has 0 saturated carbocycles. The fourth-order valence-corrected chi connectivity index (χ4v) is 4.81. The molecule has 160 valence electrons. The third-order valence-electron chi connectivity index (χ3n) is 6.50. The molecule has 3 aliphatic rings. The molecule has 6 heteroatoms. The van der Waals surface area contributed by atoms with Crippen LogP contribution in [-0.2, 0) is 27.5 Å². The molecule has 1 aliphatic carbocycles. The lowest BCUT2D eigenvalue weighted by Crippen LogP contribution is -2.35. The van der Waals surface area contributed by atoms with E-state index in [9.17, 15) is 14.4 Å². The van der Waals surface area contributed by atoms with E-state index < -0.39 is 0 Å². The van der Waals surface area contributed by atoms with E-state index in [0.29, 0.717) is 19.4 Å². The summed E-state index contributed by atoms with van der Waals surface area (Å²) in [5.74, 6) is -0.827. The summed E-state index contributed by atoms with van der Waals surface area (Å²) < 4.78 is 0. The SMILES string of the molecule is O=C(CCN1C(=O)[C@H]2CC=CC[C@H]2C1=O)NCc1cccc(CN2CCCCC2)c1. The van der Waals surface area contributed by atoms with Crippen LogP contribution in [0, 0.1) is 11.8 Å². The second kappa shape index (κ2) is 9.56. The van der Waals surface area contributed by atoms with Crippen molar-refractivity contribution in [2.24, 2.45) is 11.8 Å². The maximum Gasteiger partial charge on any atom is 0.233 e. The fraction of sp³-hybridized carbons (Fsp3) is 0.542. The number of rotatable bonds is 7. The van der Waals surface area contributed by atoms with E-state index in [1.807, 2.05) is 24.3 Å². The number of piperidine rings is 1. The molecule has 6 nitrogen and oxygen atoms in total. The summed E-state index contributed by atoms with van der Waals surface area (Å²) >= 11 is 0. The number of hydrogen-bond acceptors (Lipinski definition) is 4. The Morgan fingerprint density at radius 1 is 0.967 bits per heavy atom. The van der Waals surface area contributed by atoms with Gasteiger partial charge in [-0.25, -0.2) is 0 Å². The Hall–Kier alpha value is -2.47. The highest BCUT2D eigenvalue weighted by Gasteiger charge is 2.46. The molecule has 2 heterocycles. The van der Waals surface area contributed by atoms with Crippen molar-refractivity contribution in [2.45, 2.75) is 51.6 Å². The largest absolute Gasteiger partial charge is 0.352 e. The van der Waals surface area contributed by atoms with Gasteiger partial charge in [-0.15, -0.1) is 0 Å². The van der Waals surface area contributed by atoms with E-state index in [2.05, 4.69) is 22.3 Å². The third kappa shape index (κ3) is 4.81. The number of imide groups is 1. The number of nitrogens with zero attached hydrogens (tertiary/aromatic N) is 2. The summed E-state index contributed by atoms with van der Waals surface area (Å²) in [6.07, 6.45) is 9.24. The highest BCUT2D eigenvalue weighted by molar-refractivity contribution is 6.05. The lowest BCUT2D eigenvalue weighted by molar-refractivity contribution is -0.140. The summed E-state index contributed by atoms with van der Waals surface area (Å²) in [5.41, 5.74) is 2.34. The molecule has 0 bridgehead atoms. The molecular weight excluding hydrogens is 378 g/mol. The highest BCUT2D eigenvalue weighted by Crippen LogP contribution is 2.34. The monoisotopic (exact) mass is 409 g/mol. The van der Waals surface area contributed by atoms with Crippen molar-refractivity contribution in [3.05, 3.63) is 47.5 Å². The Balaban J connectivity index is 1.24. The smallest absolute Gasteiger partial charge is 0.233 e. The Bertz CT molecular complexity index is 803. The molecule has 1 aromatic rings. The minimum Gasteiger partial charge on any atom is -0.352 e. The van der Waals surface area contributed by atoms with Crippen molar-refractivity contribution in [3.63, 3.8) is 0 Å². The van der Waals surface area contributed by atoms with E-state index in [0.717, 1.165) is 25.2 Å². The van der Waals surface area contributed by atoms with Crippen molar-refractivity contribution in [2.75, 3.05) is 19.6 Å². The summed E-state index contributed by atoms with van der Waals surface area (Å²) in [6.45, 7) is 3.91. The van der Waals surface area contributed by atoms with Gasteiger partial charge in [-0.05, 0) is 49.9 Å². The van der Waals surface area contributed by atoms with E-state index in [1.54, 1.807) is 0 Å². The minimum atomic E-state index is -0.229. The van der Waals surface area contributed by atoms with Crippen LogP contribution in [0.4, 0.5) is 0 Å². The normalized spacial score (nSPS) is 24.2. The minimum absolute atomic E-state index is 0.118. The quantitative estimate of drug-likeness (QED) is 0.555. The van der Waals surface area contributed by atoms with E-state index in [4.69, 9.17) is 0 Å². The number of hydrogen-bond donors (Lipinski definition) is 1. The number of likely N-dealkylation sites (tertiary alicyclic amines) is 2. The van der Waals surface area contributed by atoms with Gasteiger partial charge in [-0.2, -0.15) is 0 Å². The lowest BCUT2D eigenvalue weighted by Gasteiger charge is -2.26. The molecule has 30 heavy (non-hydrogen) atoms. The average molecular weight is 410 g/mol. The van der Waals surface area contributed by atoms with Crippen molar-refractivity contribution in [1.29, 1.82) is 0 Å². The Kier molecular flexibility index (Phi) is 6.62. The van der Waals surface area contributed by atoms with Crippen molar-refractivity contribution in [3.8, 4) is 0 Å². The van der Waals surface area contributed by atoms with Gasteiger partial charge >= 0.3 is 0 Å². The van der Waals surface area contributed by atoms with Gasteiger partial charge in [-0.1, -0.05) is 42.8 Å². The summed E-state index contributed by atoms with van der Waals surface area (Å²) in [6, 6.07) is 8.35. The Morgan fingerprint density at radius 3 is 2.33 bits per heavy atom. The van der Waals surface area contributed by atoms with Crippen molar-refractivity contribution < 1.29 is 14.4 Å². The second-order valence-corrected chi connectivity index (χ2v) is 8.67. The molecule has 2 atom stereocenters. The number of carbonyl (C=O) groups is 3. The maximum absolute atomic E-state index is 12.5. The van der Waals surface area contributed by atoms with Gasteiger partial charge in [0.15, 0.2) is 0 Å². The Labute approximate surface area is 178 Å². The van der Waals surface area contributed by atoms with Crippen LogP contribution in [0.1, 0.15) is 49.7 Å². The average Bonchev–Trinajstić information content (AvgIpc) is 3.02. The first-order valence-corrected chi connectivity index (χ1v) is 11.2. The standard InChI is InChI=1S/C24H31N3O3/c28-22(11-14-27-23(29)20-9-2-3-10-21(20)24(27)30)25-16-18-7-6-8-19(15-18)17-26-12-4-1-5-13-26/h2-3,6-8,15,20-21H,1,4-5,9-14,16-17H2,(H,25,28)/t20-,21+. The van der Waals surface area contributed by atoms with Crippen LogP contribution in [0.2, 0.25) is 0 Å². The second-order valence-electron chi connectivity index (χ2n) is 8.67. The topological polar surface area (TPSA) is 69.7 Å². The van der Waals surface area contributed by atoms with E-state index in [-0.39, 0.29) is 42.5 Å². The Morgan fingerprint density at radius 2 is 1.63 bits per heavy atom. The van der Waals surface area contributed by atoms with Gasteiger partial charge < -0.3 is 5.32 Å². The van der Waals surface area contributed by atoms with Gasteiger partial charge in [0.2, 0.25) is 17.7 Å². The highest BCUT2D eigenvalue weighted by atomic mass is 16.2. The molecule has 0 aromatic heterocycles. The predicted octanol–water partition coefficient (Wildman–Crippen LogP) is 2.63. The van der Waals surface area contributed by atoms with Crippen LogP contribution in [0.15, 0.2) is 36.4 Å². The maximum atomic E-state index is 12.5. The first kappa shape index (κ1) is 20.8. The molecule has 1 N–H and O–H groups in total. The zero-order valence-electron chi connectivity index (χ0n) is 17.5. The van der Waals surface area contributed by atoms with Gasteiger partial charge in [0, 0.05) is 26.1 Å². The van der Waals surface area contributed by atoms with E-state index in [1.165, 1.54) is 29.7 Å². The molecule has 1 aromatic carbocycles. The number of nitrogens with one attached hydrogen (secondary N) is 1. The zero-order valence-corrected chi connectivity index (χ0v) is 17.5. The number of carbonyl (C=O) groups excluding carboxylic acids is 3. The van der Waals surface area contributed by atoms with Gasteiger partial charge in [0.1, 0.15) is 0 Å². The first-order chi connectivity index (χ1) is 14.6. The lowest BCUT2D eigenvalue weighted by atomic mass is 9.85.